The number of nitrogens with zero attached hydrogens (tertiary/aromatic N) is 5. The van der Waals surface area contributed by atoms with E-state index in [2.05, 4.69) is 25.6 Å². The second kappa shape index (κ2) is 9.13. The molecule has 0 bridgehead atoms. The highest BCUT2D eigenvalue weighted by atomic mass is 35.5. The van der Waals surface area contributed by atoms with Crippen molar-refractivity contribution in [2.24, 2.45) is 7.05 Å². The summed E-state index contributed by atoms with van der Waals surface area (Å²) in [5.74, 6) is -0.533. The van der Waals surface area contributed by atoms with E-state index in [0.29, 0.717) is 34.5 Å². The van der Waals surface area contributed by atoms with E-state index in [-0.39, 0.29) is 23.3 Å². The molecule has 10 heteroatoms. The summed E-state index contributed by atoms with van der Waals surface area (Å²) >= 11 is 6.44. The fourth-order valence-corrected chi connectivity index (χ4v) is 4.68. The minimum atomic E-state index is -0.644. The SMILES string of the molecule is [C-]#[N+]c1ccc(-c2nc(C(=O)N[C@@H]3CCCNC3)c(C)n2-c2ccc3nn(C)c(Cl)c3c2)cc1F. The van der Waals surface area contributed by atoms with Gasteiger partial charge in [0.15, 0.2) is 0 Å². The lowest BCUT2D eigenvalue weighted by atomic mass is 10.1. The molecule has 0 saturated carbocycles. The first-order chi connectivity index (χ1) is 16.9. The molecule has 3 heterocycles. The van der Waals surface area contributed by atoms with Gasteiger partial charge in [0.1, 0.15) is 22.5 Å². The van der Waals surface area contributed by atoms with E-state index in [4.69, 9.17) is 18.2 Å². The van der Waals surface area contributed by atoms with Crippen LogP contribution in [0, 0.1) is 19.3 Å². The largest absolute Gasteiger partial charge is 0.347 e. The average molecular weight is 492 g/mol. The molecule has 0 unspecified atom stereocenters. The van der Waals surface area contributed by atoms with Gasteiger partial charge in [-0.15, -0.1) is 0 Å². The van der Waals surface area contributed by atoms with Gasteiger partial charge in [0, 0.05) is 36.3 Å². The molecule has 2 N–H and O–H groups in total. The molecule has 1 aliphatic heterocycles. The van der Waals surface area contributed by atoms with E-state index >= 15 is 0 Å². The molecule has 1 aliphatic rings. The first kappa shape index (κ1) is 23.0. The number of aromatic nitrogens is 4. The Bertz CT molecular complexity index is 1490. The number of piperidine rings is 1. The third kappa shape index (κ3) is 4.16. The van der Waals surface area contributed by atoms with Gasteiger partial charge in [0.05, 0.1) is 17.8 Å². The maximum atomic E-state index is 14.5. The lowest BCUT2D eigenvalue weighted by Crippen LogP contribution is -2.45. The summed E-state index contributed by atoms with van der Waals surface area (Å²) in [7, 11) is 1.76. The van der Waals surface area contributed by atoms with Crippen LogP contribution in [0.4, 0.5) is 10.1 Å². The van der Waals surface area contributed by atoms with E-state index in [0.717, 1.165) is 30.3 Å². The van der Waals surface area contributed by atoms with Crippen LogP contribution in [0.5, 0.6) is 0 Å². The van der Waals surface area contributed by atoms with Crippen LogP contribution in [-0.4, -0.2) is 44.4 Å². The van der Waals surface area contributed by atoms with Gasteiger partial charge in [0.25, 0.3) is 5.91 Å². The zero-order chi connectivity index (χ0) is 24.7. The number of carbonyl (C=O) groups is 1. The van der Waals surface area contributed by atoms with Crippen molar-refractivity contribution < 1.29 is 9.18 Å². The maximum absolute atomic E-state index is 14.5. The highest BCUT2D eigenvalue weighted by Crippen LogP contribution is 2.32. The van der Waals surface area contributed by atoms with Gasteiger partial charge in [-0.2, -0.15) is 5.10 Å². The number of carbonyl (C=O) groups excluding carboxylic acids is 1. The first-order valence-electron chi connectivity index (χ1n) is 11.3. The third-order valence-corrected chi connectivity index (χ3v) is 6.73. The Hall–Kier alpha value is -3.74. The van der Waals surface area contributed by atoms with Crippen molar-refractivity contribution in [3.05, 3.63) is 70.2 Å². The van der Waals surface area contributed by atoms with Gasteiger partial charge in [-0.3, -0.25) is 14.0 Å². The highest BCUT2D eigenvalue weighted by molar-refractivity contribution is 6.34. The normalized spacial score (nSPS) is 15.8. The van der Waals surface area contributed by atoms with E-state index in [1.165, 1.54) is 12.1 Å². The van der Waals surface area contributed by atoms with E-state index in [1.807, 2.05) is 29.7 Å². The van der Waals surface area contributed by atoms with E-state index in [9.17, 15) is 9.18 Å². The Balaban J connectivity index is 1.65. The zero-order valence-corrected chi connectivity index (χ0v) is 20.0. The van der Waals surface area contributed by atoms with Crippen molar-refractivity contribution >= 4 is 34.1 Å². The molecule has 0 spiro atoms. The molecular formula is C25H23ClFN7O. The summed E-state index contributed by atoms with van der Waals surface area (Å²) in [4.78, 5) is 21.1. The molecule has 2 aromatic carbocycles. The Kier molecular flexibility index (Phi) is 6.01. The van der Waals surface area contributed by atoms with Crippen LogP contribution in [0.25, 0.3) is 32.8 Å². The molecule has 1 saturated heterocycles. The van der Waals surface area contributed by atoms with Gasteiger partial charge < -0.3 is 10.6 Å². The van der Waals surface area contributed by atoms with Crippen molar-refractivity contribution in [2.45, 2.75) is 25.8 Å². The summed E-state index contributed by atoms with van der Waals surface area (Å²) in [5.41, 5.74) is 2.69. The molecule has 4 aromatic rings. The second-order valence-corrected chi connectivity index (χ2v) is 8.97. The molecule has 0 radical (unpaired) electrons. The molecular weight excluding hydrogens is 469 g/mol. The number of aryl methyl sites for hydroxylation is 1. The first-order valence-corrected chi connectivity index (χ1v) is 11.7. The Morgan fingerprint density at radius 1 is 1.31 bits per heavy atom. The summed E-state index contributed by atoms with van der Waals surface area (Å²) in [6, 6.07) is 9.92. The minimum absolute atomic E-state index is 0.0187. The van der Waals surface area contributed by atoms with Crippen molar-refractivity contribution in [1.82, 2.24) is 30.0 Å². The number of imidazole rings is 1. The lowest BCUT2D eigenvalue weighted by Gasteiger charge is -2.23. The number of benzene rings is 2. The van der Waals surface area contributed by atoms with Gasteiger partial charge >= 0.3 is 0 Å². The number of hydrogen-bond donors (Lipinski definition) is 2. The molecule has 1 fully saturated rings. The third-order valence-electron chi connectivity index (χ3n) is 6.28. The summed E-state index contributed by atoms with van der Waals surface area (Å²) in [5, 5.41) is 12.0. The Morgan fingerprint density at radius 2 is 2.14 bits per heavy atom. The van der Waals surface area contributed by atoms with Crippen molar-refractivity contribution in [3.8, 4) is 17.1 Å². The van der Waals surface area contributed by atoms with E-state index in [1.54, 1.807) is 17.8 Å². The Labute approximate surface area is 206 Å². The second-order valence-electron chi connectivity index (χ2n) is 8.62. The van der Waals surface area contributed by atoms with Crippen molar-refractivity contribution in [3.63, 3.8) is 0 Å². The van der Waals surface area contributed by atoms with Crippen LogP contribution in [-0.2, 0) is 7.05 Å². The topological polar surface area (TPSA) is 81.1 Å². The molecule has 0 aliphatic carbocycles. The molecule has 1 amide bonds. The van der Waals surface area contributed by atoms with Gasteiger partial charge in [0.2, 0.25) is 5.69 Å². The number of halogens is 2. The van der Waals surface area contributed by atoms with Crippen molar-refractivity contribution in [1.29, 1.82) is 0 Å². The predicted molar refractivity (Wildman–Crippen MR) is 133 cm³/mol. The summed E-state index contributed by atoms with van der Waals surface area (Å²) < 4.78 is 17.9. The average Bonchev–Trinajstić information content (AvgIpc) is 3.35. The smallest absolute Gasteiger partial charge is 0.272 e. The minimum Gasteiger partial charge on any atom is -0.347 e. The predicted octanol–water partition coefficient (Wildman–Crippen LogP) is 4.56. The van der Waals surface area contributed by atoms with Gasteiger partial charge in [-0.05, 0) is 50.6 Å². The summed E-state index contributed by atoms with van der Waals surface area (Å²) in [6.45, 7) is 10.6. The molecule has 8 nitrogen and oxygen atoms in total. The molecule has 35 heavy (non-hydrogen) atoms. The van der Waals surface area contributed by atoms with Crippen LogP contribution in [0.1, 0.15) is 29.0 Å². The highest BCUT2D eigenvalue weighted by Gasteiger charge is 2.25. The number of rotatable bonds is 4. The van der Waals surface area contributed by atoms with Crippen LogP contribution in [0.2, 0.25) is 5.15 Å². The zero-order valence-electron chi connectivity index (χ0n) is 19.3. The number of amides is 1. The Morgan fingerprint density at radius 3 is 2.86 bits per heavy atom. The van der Waals surface area contributed by atoms with Crippen LogP contribution < -0.4 is 10.6 Å². The van der Waals surface area contributed by atoms with Crippen LogP contribution >= 0.6 is 11.6 Å². The molecule has 2 aromatic heterocycles. The quantitative estimate of drug-likeness (QED) is 0.410. The fourth-order valence-electron chi connectivity index (χ4n) is 4.49. The number of fused-ring (bicyclic) bond motifs is 1. The lowest BCUT2D eigenvalue weighted by molar-refractivity contribution is 0.0925. The molecule has 1 atom stereocenters. The standard InChI is InChI=1S/C25H23ClFN7O/c1-14-22(25(35)30-16-5-4-10-29-13-16)31-24(15-6-8-21(28-2)19(27)11-15)34(14)17-7-9-20-18(12-17)23(26)33(3)32-20/h6-9,11-12,16,29H,4-5,10,13H2,1,3H3,(H,30,35)/t16-/m1/s1. The van der Waals surface area contributed by atoms with Gasteiger partial charge in [-0.25, -0.2) is 14.2 Å². The van der Waals surface area contributed by atoms with Crippen molar-refractivity contribution in [2.75, 3.05) is 13.1 Å². The monoisotopic (exact) mass is 491 g/mol. The number of hydrogen-bond acceptors (Lipinski definition) is 4. The van der Waals surface area contributed by atoms with Crippen LogP contribution in [0.15, 0.2) is 36.4 Å². The van der Waals surface area contributed by atoms with Gasteiger partial charge in [-0.1, -0.05) is 23.7 Å². The fraction of sp³-hybridized carbons (Fsp3) is 0.280. The van der Waals surface area contributed by atoms with Crippen LogP contribution in [0.3, 0.4) is 0 Å². The van der Waals surface area contributed by atoms with E-state index < -0.39 is 5.82 Å². The molecule has 5 rings (SSSR count). The number of nitrogens with one attached hydrogen (secondary N) is 2. The maximum Gasteiger partial charge on any atom is 0.272 e. The molecule has 178 valence electrons. The summed E-state index contributed by atoms with van der Waals surface area (Å²) in [6.07, 6.45) is 1.88.